The van der Waals surface area contributed by atoms with Crippen molar-refractivity contribution in [3.05, 3.63) is 81.9 Å². The van der Waals surface area contributed by atoms with Gasteiger partial charge in [-0.3, -0.25) is 4.79 Å². The molecule has 1 heterocycles. The first-order valence-corrected chi connectivity index (χ1v) is 10.8. The summed E-state index contributed by atoms with van der Waals surface area (Å²) in [5.41, 5.74) is -2.55. The Morgan fingerprint density at radius 1 is 1.18 bits per heavy atom. The molecular formula is C22H21Cl2F3N4O3. The van der Waals surface area contributed by atoms with Gasteiger partial charge in [0.1, 0.15) is 18.3 Å². The predicted molar refractivity (Wildman–Crippen MR) is 119 cm³/mol. The fraction of sp³-hybridized carbons (Fsp3) is 0.318. The molecule has 7 nitrogen and oxygen atoms in total. The van der Waals surface area contributed by atoms with Crippen molar-refractivity contribution in [1.29, 1.82) is 0 Å². The third kappa shape index (κ3) is 5.52. The molecule has 34 heavy (non-hydrogen) atoms. The smallest absolute Gasteiger partial charge is 0.395 e. The maximum atomic E-state index is 13.3. The normalized spacial score (nSPS) is 14.5. The zero-order valence-corrected chi connectivity index (χ0v) is 19.4. The summed E-state index contributed by atoms with van der Waals surface area (Å²) >= 11 is 12.4. The van der Waals surface area contributed by atoms with E-state index < -0.39 is 35.9 Å². The molecular weight excluding hydrogens is 496 g/mol. The van der Waals surface area contributed by atoms with Gasteiger partial charge >= 0.3 is 6.18 Å². The SMILES string of the molecule is CC(N(CCO)C(=O)c1ccc(C(F)(F)F)cc1)C(O)(Cn1cncn1)c1ccc(Cl)cc1Cl. The lowest BCUT2D eigenvalue weighted by atomic mass is 9.85. The van der Waals surface area contributed by atoms with Gasteiger partial charge < -0.3 is 15.1 Å². The van der Waals surface area contributed by atoms with Gasteiger partial charge in [0.05, 0.1) is 24.8 Å². The lowest BCUT2D eigenvalue weighted by Gasteiger charge is -2.41. The van der Waals surface area contributed by atoms with Crippen molar-refractivity contribution in [1.82, 2.24) is 19.7 Å². The highest BCUT2D eigenvalue weighted by molar-refractivity contribution is 6.35. The van der Waals surface area contributed by atoms with Crippen LogP contribution >= 0.6 is 23.2 Å². The number of amides is 1. The Kier molecular flexibility index (Phi) is 7.87. The van der Waals surface area contributed by atoms with Crippen LogP contribution < -0.4 is 0 Å². The first-order chi connectivity index (χ1) is 16.0. The summed E-state index contributed by atoms with van der Waals surface area (Å²) in [7, 11) is 0. The summed E-state index contributed by atoms with van der Waals surface area (Å²) in [4.78, 5) is 18.3. The molecule has 12 heteroatoms. The molecule has 3 rings (SSSR count). The Balaban J connectivity index is 2.03. The van der Waals surface area contributed by atoms with E-state index in [1.807, 2.05) is 0 Å². The Morgan fingerprint density at radius 3 is 2.38 bits per heavy atom. The van der Waals surface area contributed by atoms with Crippen LogP contribution in [0.15, 0.2) is 55.1 Å². The number of rotatable bonds is 8. The Hall–Kier alpha value is -2.66. The van der Waals surface area contributed by atoms with Gasteiger partial charge in [-0.2, -0.15) is 18.3 Å². The molecule has 1 amide bonds. The van der Waals surface area contributed by atoms with Crippen LogP contribution in [-0.4, -0.2) is 55.0 Å². The molecule has 0 saturated heterocycles. The van der Waals surface area contributed by atoms with E-state index in [1.54, 1.807) is 6.92 Å². The molecule has 1 aromatic heterocycles. The Morgan fingerprint density at radius 2 is 1.85 bits per heavy atom. The Bertz CT molecular complexity index is 1130. The second kappa shape index (κ2) is 10.3. The number of nitrogens with zero attached hydrogens (tertiary/aromatic N) is 4. The minimum Gasteiger partial charge on any atom is -0.395 e. The molecule has 0 radical (unpaired) electrons. The number of aromatic nitrogens is 3. The van der Waals surface area contributed by atoms with Crippen LogP contribution in [-0.2, 0) is 18.3 Å². The minimum absolute atomic E-state index is 0.0430. The highest BCUT2D eigenvalue weighted by Crippen LogP contribution is 2.37. The average molecular weight is 517 g/mol. The fourth-order valence-electron chi connectivity index (χ4n) is 3.65. The highest BCUT2D eigenvalue weighted by atomic mass is 35.5. The van der Waals surface area contributed by atoms with E-state index in [0.717, 1.165) is 24.3 Å². The van der Waals surface area contributed by atoms with Crippen molar-refractivity contribution in [2.75, 3.05) is 13.2 Å². The number of hydrogen-bond acceptors (Lipinski definition) is 5. The minimum atomic E-state index is -4.55. The first kappa shape index (κ1) is 26.0. The van der Waals surface area contributed by atoms with Gasteiger partial charge in [-0.25, -0.2) is 9.67 Å². The quantitative estimate of drug-likeness (QED) is 0.471. The summed E-state index contributed by atoms with van der Waals surface area (Å²) in [6, 6.07) is 7.15. The van der Waals surface area contributed by atoms with Gasteiger partial charge in [0.25, 0.3) is 5.91 Å². The predicted octanol–water partition coefficient (Wildman–Crippen LogP) is 4.01. The second-order valence-electron chi connectivity index (χ2n) is 7.61. The molecule has 0 spiro atoms. The zero-order valence-electron chi connectivity index (χ0n) is 17.9. The molecule has 0 saturated carbocycles. The van der Waals surface area contributed by atoms with Gasteiger partial charge in [-0.15, -0.1) is 0 Å². The van der Waals surface area contributed by atoms with Gasteiger partial charge in [-0.05, 0) is 43.3 Å². The monoisotopic (exact) mass is 516 g/mol. The van der Waals surface area contributed by atoms with Gasteiger partial charge in [0.2, 0.25) is 0 Å². The average Bonchev–Trinajstić information content (AvgIpc) is 3.28. The van der Waals surface area contributed by atoms with Crippen molar-refractivity contribution < 1.29 is 28.2 Å². The van der Waals surface area contributed by atoms with Crippen molar-refractivity contribution in [3.63, 3.8) is 0 Å². The van der Waals surface area contributed by atoms with E-state index in [4.69, 9.17) is 23.2 Å². The first-order valence-electron chi connectivity index (χ1n) is 10.1. The summed E-state index contributed by atoms with van der Waals surface area (Å²) in [5.74, 6) is -0.683. The lowest BCUT2D eigenvalue weighted by Crippen LogP contribution is -2.54. The third-order valence-corrected chi connectivity index (χ3v) is 6.03. The van der Waals surface area contributed by atoms with E-state index >= 15 is 0 Å². The fourth-order valence-corrected chi connectivity index (χ4v) is 4.22. The topological polar surface area (TPSA) is 91.5 Å². The van der Waals surface area contributed by atoms with Crippen LogP contribution in [0.3, 0.4) is 0 Å². The molecule has 3 aromatic rings. The van der Waals surface area contributed by atoms with Crippen LogP contribution in [0.1, 0.15) is 28.4 Å². The molecule has 0 bridgehead atoms. The maximum Gasteiger partial charge on any atom is 0.416 e. The van der Waals surface area contributed by atoms with Crippen LogP contribution in [0.25, 0.3) is 0 Å². The summed E-state index contributed by atoms with van der Waals surface area (Å²) in [6.07, 6.45) is -1.91. The molecule has 2 aromatic carbocycles. The molecule has 2 unspecified atom stereocenters. The number of halogens is 5. The molecule has 182 valence electrons. The molecule has 2 atom stereocenters. The van der Waals surface area contributed by atoms with Crippen LogP contribution in [0.4, 0.5) is 13.2 Å². The molecule has 0 aliphatic rings. The molecule has 2 N–H and O–H groups in total. The third-order valence-electron chi connectivity index (χ3n) is 5.49. The number of carbonyl (C=O) groups excluding carboxylic acids is 1. The number of benzene rings is 2. The van der Waals surface area contributed by atoms with Gasteiger partial charge in [0.15, 0.2) is 0 Å². The number of alkyl halides is 3. The van der Waals surface area contributed by atoms with Crippen molar-refractivity contribution in [2.45, 2.75) is 31.3 Å². The standard InChI is InChI=1S/C22H21Cl2F3N4O3/c1-14(31(8-9-32)20(33)15-2-4-16(5-3-15)22(25,26)27)21(34,11-30-13-28-12-29-30)18-7-6-17(23)10-19(18)24/h2-7,10,12-14,32,34H,8-9,11H2,1H3. The molecule has 0 fully saturated rings. The van der Waals surface area contributed by atoms with Crippen LogP contribution in [0.5, 0.6) is 0 Å². The van der Waals surface area contributed by atoms with Crippen molar-refractivity contribution in [3.8, 4) is 0 Å². The van der Waals surface area contributed by atoms with E-state index in [1.165, 1.54) is 40.4 Å². The zero-order chi connectivity index (χ0) is 25.1. The summed E-state index contributed by atoms with van der Waals surface area (Å²) < 4.78 is 40.1. The van der Waals surface area contributed by atoms with E-state index in [-0.39, 0.29) is 29.2 Å². The largest absolute Gasteiger partial charge is 0.416 e. The maximum absolute atomic E-state index is 13.3. The van der Waals surface area contributed by atoms with E-state index in [0.29, 0.717) is 5.02 Å². The number of aliphatic hydroxyl groups is 2. The number of carbonyl (C=O) groups is 1. The van der Waals surface area contributed by atoms with Crippen LogP contribution in [0.2, 0.25) is 10.0 Å². The van der Waals surface area contributed by atoms with Gasteiger partial charge in [0, 0.05) is 27.7 Å². The number of aliphatic hydroxyl groups excluding tert-OH is 1. The molecule has 0 aliphatic heterocycles. The van der Waals surface area contributed by atoms with Crippen molar-refractivity contribution in [2.24, 2.45) is 0 Å². The summed E-state index contributed by atoms with van der Waals surface area (Å²) in [6.45, 7) is 0.716. The highest BCUT2D eigenvalue weighted by Gasteiger charge is 2.43. The summed E-state index contributed by atoms with van der Waals surface area (Å²) in [5, 5.41) is 26.0. The lowest BCUT2D eigenvalue weighted by molar-refractivity contribution is -0.137. The van der Waals surface area contributed by atoms with Gasteiger partial charge in [-0.1, -0.05) is 29.3 Å². The Labute approximate surface area is 203 Å². The second-order valence-corrected chi connectivity index (χ2v) is 8.46. The van der Waals surface area contributed by atoms with E-state index in [9.17, 15) is 28.2 Å². The number of hydrogen-bond donors (Lipinski definition) is 2. The van der Waals surface area contributed by atoms with E-state index in [2.05, 4.69) is 10.1 Å². The van der Waals surface area contributed by atoms with Crippen molar-refractivity contribution >= 4 is 29.1 Å². The molecule has 0 aliphatic carbocycles. The van der Waals surface area contributed by atoms with Crippen LogP contribution in [0, 0.1) is 0 Å².